The number of amides is 1. The van der Waals surface area contributed by atoms with Gasteiger partial charge in [-0.3, -0.25) is 9.59 Å². The van der Waals surface area contributed by atoms with E-state index < -0.39 is 11.4 Å². The third kappa shape index (κ3) is 4.80. The lowest BCUT2D eigenvalue weighted by Crippen LogP contribution is -2.39. The molecule has 1 fully saturated rings. The summed E-state index contributed by atoms with van der Waals surface area (Å²) in [7, 11) is 0. The topological polar surface area (TPSA) is 66.4 Å². The molecule has 2 N–H and O–H groups in total. The van der Waals surface area contributed by atoms with Crippen LogP contribution in [0.25, 0.3) is 0 Å². The summed E-state index contributed by atoms with van der Waals surface area (Å²) in [6.07, 6.45) is 5.41. The second-order valence-electron chi connectivity index (χ2n) is 6.70. The summed E-state index contributed by atoms with van der Waals surface area (Å²) >= 11 is 0. The molecule has 0 bridgehead atoms. The van der Waals surface area contributed by atoms with Gasteiger partial charge < -0.3 is 10.4 Å². The summed E-state index contributed by atoms with van der Waals surface area (Å²) in [4.78, 5) is 23.7. The average Bonchev–Trinajstić information content (AvgIpc) is 2.62. The fraction of sp³-hybridized carbons (Fsp3) is 0.875. The zero-order chi connectivity index (χ0) is 15.2. The number of rotatable bonds is 6. The van der Waals surface area contributed by atoms with Crippen molar-refractivity contribution < 1.29 is 14.7 Å². The Morgan fingerprint density at radius 1 is 1.10 bits per heavy atom. The van der Waals surface area contributed by atoms with Crippen molar-refractivity contribution in [2.75, 3.05) is 6.54 Å². The molecule has 1 atom stereocenters. The van der Waals surface area contributed by atoms with Crippen LogP contribution in [-0.4, -0.2) is 23.5 Å². The minimum atomic E-state index is -0.832. The van der Waals surface area contributed by atoms with Gasteiger partial charge in [-0.05, 0) is 24.7 Å². The first-order valence-electron chi connectivity index (χ1n) is 7.87. The molecule has 0 aromatic rings. The van der Waals surface area contributed by atoms with Gasteiger partial charge in [-0.1, -0.05) is 46.5 Å². The maximum atomic E-state index is 12.1. The smallest absolute Gasteiger partial charge is 0.310 e. The van der Waals surface area contributed by atoms with Gasteiger partial charge in [0.2, 0.25) is 5.91 Å². The molecule has 20 heavy (non-hydrogen) atoms. The molecule has 1 aliphatic carbocycles. The average molecular weight is 283 g/mol. The van der Waals surface area contributed by atoms with Crippen molar-refractivity contribution in [2.24, 2.45) is 17.3 Å². The lowest BCUT2D eigenvalue weighted by Gasteiger charge is -2.27. The van der Waals surface area contributed by atoms with Gasteiger partial charge in [0.1, 0.15) is 0 Å². The molecule has 116 valence electrons. The van der Waals surface area contributed by atoms with Crippen LogP contribution < -0.4 is 5.32 Å². The second-order valence-corrected chi connectivity index (χ2v) is 6.70. The number of aliphatic carboxylic acids is 1. The number of nitrogens with one attached hydrogen (secondary N) is 1. The molecule has 1 amide bonds. The van der Waals surface area contributed by atoms with Crippen molar-refractivity contribution in [2.45, 2.75) is 65.7 Å². The molecule has 0 radical (unpaired) electrons. The van der Waals surface area contributed by atoms with E-state index in [4.69, 9.17) is 0 Å². The van der Waals surface area contributed by atoms with Crippen LogP contribution in [0, 0.1) is 17.3 Å². The van der Waals surface area contributed by atoms with Crippen LogP contribution in [-0.2, 0) is 9.59 Å². The van der Waals surface area contributed by atoms with Gasteiger partial charge in [0, 0.05) is 13.0 Å². The van der Waals surface area contributed by atoms with Gasteiger partial charge in [0.05, 0.1) is 5.41 Å². The highest BCUT2D eigenvalue weighted by molar-refractivity contribution is 5.85. The molecule has 0 saturated heterocycles. The Morgan fingerprint density at radius 2 is 1.65 bits per heavy atom. The minimum Gasteiger partial charge on any atom is -0.481 e. The van der Waals surface area contributed by atoms with E-state index in [1.54, 1.807) is 0 Å². The SMILES string of the molecule is CC(C)C(C)CNC(=O)CC1(C(=O)O)CCCCCC1. The molecular formula is C16H29NO3. The standard InChI is InChI=1S/C16H29NO3/c1-12(2)13(3)11-17-14(18)10-16(15(19)20)8-6-4-5-7-9-16/h12-13H,4-11H2,1-3H3,(H,17,18)(H,19,20). The summed E-state index contributed by atoms with van der Waals surface area (Å²) in [5.74, 6) is 0.0173. The number of carbonyl (C=O) groups excluding carboxylic acids is 1. The molecule has 0 aliphatic heterocycles. The van der Waals surface area contributed by atoms with E-state index in [-0.39, 0.29) is 12.3 Å². The first-order chi connectivity index (χ1) is 9.37. The molecule has 0 spiro atoms. The van der Waals surface area contributed by atoms with Crippen LogP contribution in [0.4, 0.5) is 0 Å². The largest absolute Gasteiger partial charge is 0.481 e. The van der Waals surface area contributed by atoms with Crippen molar-refractivity contribution in [3.8, 4) is 0 Å². The van der Waals surface area contributed by atoms with E-state index in [1.165, 1.54) is 0 Å². The zero-order valence-corrected chi connectivity index (χ0v) is 13.1. The van der Waals surface area contributed by atoms with E-state index in [9.17, 15) is 14.7 Å². The summed E-state index contributed by atoms with van der Waals surface area (Å²) in [6.45, 7) is 6.98. The Labute approximate surface area is 122 Å². The van der Waals surface area contributed by atoms with Crippen molar-refractivity contribution in [1.82, 2.24) is 5.32 Å². The number of carboxylic acids is 1. The second kappa shape index (κ2) is 7.65. The first kappa shape index (κ1) is 17.0. The molecular weight excluding hydrogens is 254 g/mol. The van der Waals surface area contributed by atoms with Gasteiger partial charge >= 0.3 is 5.97 Å². The van der Waals surface area contributed by atoms with Crippen LogP contribution in [0.15, 0.2) is 0 Å². The fourth-order valence-corrected chi connectivity index (χ4v) is 2.75. The molecule has 0 aromatic carbocycles. The van der Waals surface area contributed by atoms with Gasteiger partial charge in [-0.2, -0.15) is 0 Å². The number of hydrogen-bond donors (Lipinski definition) is 2. The Morgan fingerprint density at radius 3 is 2.10 bits per heavy atom. The molecule has 4 nitrogen and oxygen atoms in total. The Hall–Kier alpha value is -1.06. The van der Waals surface area contributed by atoms with Crippen molar-refractivity contribution in [3.05, 3.63) is 0 Å². The summed E-state index contributed by atoms with van der Waals surface area (Å²) in [5, 5.41) is 12.5. The third-order valence-corrected chi connectivity index (χ3v) is 4.77. The highest BCUT2D eigenvalue weighted by Crippen LogP contribution is 2.38. The van der Waals surface area contributed by atoms with E-state index in [0.717, 1.165) is 25.7 Å². The number of hydrogen-bond acceptors (Lipinski definition) is 2. The first-order valence-corrected chi connectivity index (χ1v) is 7.87. The van der Waals surface area contributed by atoms with Gasteiger partial charge in [-0.25, -0.2) is 0 Å². The fourth-order valence-electron chi connectivity index (χ4n) is 2.75. The lowest BCUT2D eigenvalue weighted by molar-refractivity contribution is -0.152. The molecule has 0 heterocycles. The highest BCUT2D eigenvalue weighted by Gasteiger charge is 2.40. The maximum Gasteiger partial charge on any atom is 0.310 e. The molecule has 0 aromatic heterocycles. The van der Waals surface area contributed by atoms with Crippen LogP contribution in [0.2, 0.25) is 0 Å². The Balaban J connectivity index is 2.57. The van der Waals surface area contributed by atoms with Gasteiger partial charge in [-0.15, -0.1) is 0 Å². The Kier molecular flexibility index (Phi) is 6.50. The van der Waals surface area contributed by atoms with Crippen LogP contribution in [0.1, 0.15) is 65.7 Å². The quantitative estimate of drug-likeness (QED) is 0.736. The summed E-state index contributed by atoms with van der Waals surface area (Å²) in [6, 6.07) is 0. The molecule has 1 saturated carbocycles. The minimum absolute atomic E-state index is 0.109. The highest BCUT2D eigenvalue weighted by atomic mass is 16.4. The molecule has 4 heteroatoms. The predicted molar refractivity (Wildman–Crippen MR) is 79.4 cm³/mol. The molecule has 1 aliphatic rings. The van der Waals surface area contributed by atoms with E-state index in [2.05, 4.69) is 26.1 Å². The Bertz CT molecular complexity index is 331. The molecule has 1 unspecified atom stereocenters. The summed E-state index contributed by atoms with van der Waals surface area (Å²) in [5.41, 5.74) is -0.832. The normalized spacial score (nSPS) is 20.2. The van der Waals surface area contributed by atoms with Crippen molar-refractivity contribution in [3.63, 3.8) is 0 Å². The van der Waals surface area contributed by atoms with E-state index in [1.807, 2.05) is 0 Å². The number of carboxylic acid groups (broad SMARTS) is 1. The van der Waals surface area contributed by atoms with Crippen LogP contribution in [0.3, 0.4) is 0 Å². The zero-order valence-electron chi connectivity index (χ0n) is 13.1. The summed E-state index contributed by atoms with van der Waals surface area (Å²) < 4.78 is 0. The predicted octanol–water partition coefficient (Wildman–Crippen LogP) is 3.21. The van der Waals surface area contributed by atoms with Gasteiger partial charge in [0.25, 0.3) is 0 Å². The lowest BCUT2D eigenvalue weighted by atomic mass is 9.77. The van der Waals surface area contributed by atoms with E-state index in [0.29, 0.717) is 31.2 Å². The van der Waals surface area contributed by atoms with Gasteiger partial charge in [0.15, 0.2) is 0 Å². The van der Waals surface area contributed by atoms with Crippen molar-refractivity contribution in [1.29, 1.82) is 0 Å². The van der Waals surface area contributed by atoms with Crippen LogP contribution in [0.5, 0.6) is 0 Å². The van der Waals surface area contributed by atoms with Crippen LogP contribution >= 0.6 is 0 Å². The van der Waals surface area contributed by atoms with Crippen molar-refractivity contribution >= 4 is 11.9 Å². The molecule has 1 rings (SSSR count). The van der Waals surface area contributed by atoms with E-state index >= 15 is 0 Å². The maximum absolute atomic E-state index is 12.1. The third-order valence-electron chi connectivity index (χ3n) is 4.77. The number of carbonyl (C=O) groups is 2. The monoisotopic (exact) mass is 283 g/mol.